The second kappa shape index (κ2) is 79.2. The van der Waals surface area contributed by atoms with Crippen molar-refractivity contribution >= 4 is 49.9 Å². The summed E-state index contributed by atoms with van der Waals surface area (Å²) in [5, 5.41) is 0. The zero-order valence-electron chi connectivity index (χ0n) is 78.0. The van der Waals surface area contributed by atoms with Crippen LogP contribution < -0.4 is 18.1 Å². The van der Waals surface area contributed by atoms with Crippen LogP contribution in [0.3, 0.4) is 0 Å². The van der Waals surface area contributed by atoms with Crippen molar-refractivity contribution in [3.8, 4) is 23.0 Å². The van der Waals surface area contributed by atoms with E-state index < -0.39 is 15.2 Å². The fraction of sp³-hybridized carbons (Fsp3) is 0.757. The molecule has 0 amide bonds. The molecular formula is C107H182O8P2S2. The number of benzene rings is 4. The van der Waals surface area contributed by atoms with Crippen LogP contribution in [-0.2, 0) is 37.3 Å². The molecule has 0 saturated carbocycles. The number of esters is 2. The topological polar surface area (TPSA) is 89.5 Å². The van der Waals surface area contributed by atoms with E-state index in [-0.39, 0.29) is 17.4 Å². The molecule has 2 atom stereocenters. The van der Waals surface area contributed by atoms with Gasteiger partial charge in [-0.05, 0) is 158 Å². The number of carbonyl (C=O) groups is 2. The summed E-state index contributed by atoms with van der Waals surface area (Å²) in [6, 6.07) is 35.2. The summed E-state index contributed by atoms with van der Waals surface area (Å²) in [7, 11) is -2.57. The van der Waals surface area contributed by atoms with E-state index in [4.69, 9.17) is 27.6 Å². The van der Waals surface area contributed by atoms with Crippen LogP contribution in [0.4, 0.5) is 0 Å². The summed E-state index contributed by atoms with van der Waals surface area (Å²) in [4.78, 5) is 24.7. The lowest BCUT2D eigenvalue weighted by Gasteiger charge is -2.27. The SMILES string of the molecule is CCCCCCCCCCCCCOC(=O)CCCCCCCCCCCCCSP(Oc1ccc(C(C)(C)c2ccc(OP(Oc3cccc(CCCCCCCCCCCCC)c3)SCCCCCCCCCCCCCC(=O)OCCCCCCCCCCCCC)cc2)cc1)Oc1cccc(CCCCCCCCCCCCC)c1. The predicted molar refractivity (Wildman–Crippen MR) is 525 cm³/mol. The van der Waals surface area contributed by atoms with Crippen LogP contribution in [0.15, 0.2) is 97.1 Å². The van der Waals surface area contributed by atoms with E-state index in [9.17, 15) is 9.59 Å². The average Bonchev–Trinajstić information content (AvgIpc) is 0.800. The largest absolute Gasteiger partial charge is 0.466 e. The van der Waals surface area contributed by atoms with Gasteiger partial charge in [0, 0.05) is 29.8 Å². The monoisotopic (exact) mass is 1720 g/mol. The highest BCUT2D eigenvalue weighted by Gasteiger charge is 2.26. The summed E-state index contributed by atoms with van der Waals surface area (Å²) >= 11 is 3.69. The molecule has 12 heteroatoms. The molecule has 0 spiro atoms. The maximum atomic E-state index is 12.3. The summed E-state index contributed by atoms with van der Waals surface area (Å²) in [6.07, 6.45) is 88.8. The van der Waals surface area contributed by atoms with Gasteiger partial charge in [-0.1, -0.05) is 462 Å². The van der Waals surface area contributed by atoms with Gasteiger partial charge in [0.25, 0.3) is 0 Å². The zero-order valence-corrected chi connectivity index (χ0v) is 81.5. The van der Waals surface area contributed by atoms with Crippen molar-refractivity contribution < 1.29 is 37.2 Å². The first kappa shape index (κ1) is 108. The molecular weight excluding hydrogens is 1540 g/mol. The Morgan fingerprint density at radius 3 is 0.756 bits per heavy atom. The lowest BCUT2D eigenvalue weighted by atomic mass is 9.78. The third-order valence-corrected chi connectivity index (χ3v) is 30.3. The van der Waals surface area contributed by atoms with Gasteiger partial charge in [-0.25, -0.2) is 0 Å². The van der Waals surface area contributed by atoms with E-state index in [0.717, 1.165) is 98.7 Å². The molecule has 0 heterocycles. The van der Waals surface area contributed by atoms with Crippen molar-refractivity contribution in [3.05, 3.63) is 119 Å². The fourth-order valence-electron chi connectivity index (χ4n) is 16.3. The highest BCUT2D eigenvalue weighted by atomic mass is 32.7. The Kier molecular flexibility index (Phi) is 71.9. The molecule has 0 N–H and O–H groups in total. The Bertz CT molecular complexity index is 2700. The molecule has 119 heavy (non-hydrogen) atoms. The minimum absolute atomic E-state index is 0.000333. The molecule has 0 saturated heterocycles. The first-order chi connectivity index (χ1) is 58.6. The lowest BCUT2D eigenvalue weighted by Crippen LogP contribution is -2.18. The van der Waals surface area contributed by atoms with Crippen LogP contribution in [0.1, 0.15) is 500 Å². The van der Waals surface area contributed by atoms with Crippen LogP contribution in [0.2, 0.25) is 0 Å². The third-order valence-electron chi connectivity index (χ3n) is 24.3. The van der Waals surface area contributed by atoms with Gasteiger partial charge < -0.3 is 27.6 Å². The van der Waals surface area contributed by atoms with Gasteiger partial charge in [-0.3, -0.25) is 9.59 Å². The highest BCUT2D eigenvalue weighted by Crippen LogP contribution is 2.54. The molecule has 0 bridgehead atoms. The normalized spacial score (nSPS) is 12.2. The second-order valence-corrected chi connectivity index (χ2v) is 42.1. The molecule has 4 rings (SSSR count). The summed E-state index contributed by atoms with van der Waals surface area (Å²) in [6.45, 7) is 15.0. The first-order valence-electron chi connectivity index (χ1n) is 50.9. The Hall–Kier alpha value is -3.42. The van der Waals surface area contributed by atoms with Crippen LogP contribution in [0.25, 0.3) is 0 Å². The molecule has 680 valence electrons. The van der Waals surface area contributed by atoms with Crippen molar-refractivity contribution in [3.63, 3.8) is 0 Å². The highest BCUT2D eigenvalue weighted by molar-refractivity contribution is 8.53. The Morgan fingerprint density at radius 1 is 0.261 bits per heavy atom. The molecule has 8 nitrogen and oxygen atoms in total. The van der Waals surface area contributed by atoms with Gasteiger partial charge in [0.2, 0.25) is 0 Å². The first-order valence-corrected chi connectivity index (χ1v) is 56.4. The molecule has 4 aromatic rings. The zero-order chi connectivity index (χ0) is 84.7. The number of rotatable bonds is 88. The molecule has 2 unspecified atom stereocenters. The number of unbranched alkanes of at least 4 members (excludes halogenated alkanes) is 60. The Morgan fingerprint density at radius 2 is 0.487 bits per heavy atom. The summed E-state index contributed by atoms with van der Waals surface area (Å²) < 4.78 is 38.6. The molecule has 0 aliphatic rings. The van der Waals surface area contributed by atoms with Crippen molar-refractivity contribution in [1.29, 1.82) is 0 Å². The van der Waals surface area contributed by atoms with Gasteiger partial charge in [0.1, 0.15) is 23.0 Å². The van der Waals surface area contributed by atoms with Crippen molar-refractivity contribution in [2.45, 2.75) is 496 Å². The Labute approximate surface area is 745 Å². The number of carbonyl (C=O) groups excluding carboxylic acids is 2. The maximum Gasteiger partial charge on any atom is 0.360 e. The van der Waals surface area contributed by atoms with E-state index in [1.807, 2.05) is 22.8 Å². The summed E-state index contributed by atoms with van der Waals surface area (Å²) in [5.41, 5.74) is 4.89. The number of hydrogen-bond donors (Lipinski definition) is 0. The molecule has 0 fully saturated rings. The van der Waals surface area contributed by atoms with E-state index in [1.54, 1.807) is 0 Å². The van der Waals surface area contributed by atoms with Gasteiger partial charge in [0.05, 0.1) is 13.2 Å². The third kappa shape index (κ3) is 62.4. The van der Waals surface area contributed by atoms with E-state index in [0.29, 0.717) is 26.1 Å². The van der Waals surface area contributed by atoms with Gasteiger partial charge in [-0.2, -0.15) is 0 Å². The summed E-state index contributed by atoms with van der Waals surface area (Å²) in [5.74, 6) is 5.52. The molecule has 0 aliphatic carbocycles. The van der Waals surface area contributed by atoms with Gasteiger partial charge >= 0.3 is 27.1 Å². The van der Waals surface area contributed by atoms with E-state index in [2.05, 4.69) is 139 Å². The van der Waals surface area contributed by atoms with Crippen molar-refractivity contribution in [1.82, 2.24) is 0 Å². The van der Waals surface area contributed by atoms with Gasteiger partial charge in [0.15, 0.2) is 0 Å². The average molecular weight is 1720 g/mol. The number of ether oxygens (including phenoxy) is 2. The van der Waals surface area contributed by atoms with Crippen LogP contribution >= 0.6 is 37.9 Å². The minimum Gasteiger partial charge on any atom is -0.466 e. The molecule has 0 aliphatic heterocycles. The standard InChI is InChI=1S/C107H182O8P2S2/c1-7-11-15-19-23-27-33-41-49-57-65-75-97-77-73-79-103(95-97)114-116(118-93-71-63-55-47-39-31-35-43-51-59-67-81-105(108)110-91-69-61-53-45-37-29-25-21-17-13-9-3)112-101-87-83-99(84-88-101)107(5,6)100-85-89-102(90-86-100)113-117(115-104-80-74-78-98(96-104)76-66-58-50-42-34-28-24-20-16-12-8-2)119-94-72-64-56-48-40-32-36-44-52-60-68-82-106(109)111-92-70-62-54-46-38-30-26-22-18-14-10-4/h73-74,77-80,83-90,95-96H,7-72,75-76,81-82,91-94H2,1-6H3. The fourth-order valence-corrected chi connectivity index (χ4v) is 22.0. The smallest absolute Gasteiger partial charge is 0.360 e. The number of hydrogen-bond acceptors (Lipinski definition) is 10. The van der Waals surface area contributed by atoms with Gasteiger partial charge in [-0.15, -0.1) is 0 Å². The van der Waals surface area contributed by atoms with E-state index in [1.165, 1.54) is 395 Å². The van der Waals surface area contributed by atoms with Crippen molar-refractivity contribution in [2.75, 3.05) is 24.7 Å². The van der Waals surface area contributed by atoms with Crippen LogP contribution in [0, 0.1) is 0 Å². The quantitative estimate of drug-likeness (QED) is 0.0242. The number of aryl methyl sites for hydroxylation is 2. The van der Waals surface area contributed by atoms with Crippen molar-refractivity contribution in [2.24, 2.45) is 0 Å². The van der Waals surface area contributed by atoms with E-state index >= 15 is 0 Å². The lowest BCUT2D eigenvalue weighted by molar-refractivity contribution is -0.144. The predicted octanol–water partition coefficient (Wildman–Crippen LogP) is 37.6. The van der Waals surface area contributed by atoms with Crippen LogP contribution in [-0.4, -0.2) is 36.7 Å². The molecule has 0 aromatic heterocycles. The minimum atomic E-state index is -1.29. The second-order valence-electron chi connectivity index (χ2n) is 35.8. The molecule has 4 aromatic carbocycles. The molecule has 0 radical (unpaired) electrons. The maximum absolute atomic E-state index is 12.3. The van der Waals surface area contributed by atoms with Crippen LogP contribution in [0.5, 0.6) is 23.0 Å². The Balaban J connectivity index is 1.24.